The molecule has 1 amide bonds. The third-order valence-corrected chi connectivity index (χ3v) is 4.96. The van der Waals surface area contributed by atoms with Gasteiger partial charge in [0.25, 0.3) is 11.2 Å². The van der Waals surface area contributed by atoms with Crippen LogP contribution in [0.2, 0.25) is 0 Å². The first-order valence-electron chi connectivity index (χ1n) is 9.48. The highest BCUT2D eigenvalue weighted by Gasteiger charge is 2.22. The van der Waals surface area contributed by atoms with Crippen molar-refractivity contribution in [3.8, 4) is 11.4 Å². The van der Waals surface area contributed by atoms with Crippen molar-refractivity contribution in [2.45, 2.75) is 19.9 Å². The van der Waals surface area contributed by atoms with Crippen LogP contribution in [-0.4, -0.2) is 33.3 Å². The van der Waals surface area contributed by atoms with Crippen molar-refractivity contribution in [1.29, 1.82) is 0 Å². The van der Waals surface area contributed by atoms with E-state index in [0.29, 0.717) is 17.1 Å². The summed E-state index contributed by atoms with van der Waals surface area (Å²) in [6.45, 7) is 3.37. The van der Waals surface area contributed by atoms with Crippen LogP contribution in [0.4, 0.5) is 17.1 Å². The lowest BCUT2D eigenvalue weighted by Gasteiger charge is -2.16. The number of carbonyl (C=O) groups is 1. The second-order valence-corrected chi connectivity index (χ2v) is 6.93. The number of non-ortho nitro benzene ring substituents is 1. The van der Waals surface area contributed by atoms with E-state index in [0.717, 1.165) is 0 Å². The van der Waals surface area contributed by atoms with E-state index >= 15 is 0 Å². The van der Waals surface area contributed by atoms with Crippen LogP contribution in [0.5, 0.6) is 5.75 Å². The lowest BCUT2D eigenvalue weighted by molar-refractivity contribution is -0.384. The summed E-state index contributed by atoms with van der Waals surface area (Å²) in [7, 11) is 3.16. The van der Waals surface area contributed by atoms with Gasteiger partial charge in [-0.25, -0.2) is 4.68 Å². The molecule has 1 atom stereocenters. The zero-order valence-corrected chi connectivity index (χ0v) is 17.6. The fourth-order valence-corrected chi connectivity index (χ4v) is 3.16. The molecule has 0 aliphatic carbocycles. The van der Waals surface area contributed by atoms with Crippen molar-refractivity contribution in [3.05, 3.63) is 74.7 Å². The summed E-state index contributed by atoms with van der Waals surface area (Å²) < 4.78 is 8.38. The first-order valence-corrected chi connectivity index (χ1v) is 9.48. The first kappa shape index (κ1) is 21.6. The van der Waals surface area contributed by atoms with Crippen LogP contribution in [0.3, 0.4) is 0 Å². The molecular formula is C21H23N5O5. The van der Waals surface area contributed by atoms with E-state index in [1.165, 1.54) is 30.0 Å². The maximum atomic E-state index is 13.0. The van der Waals surface area contributed by atoms with Gasteiger partial charge in [0.2, 0.25) is 5.91 Å². The summed E-state index contributed by atoms with van der Waals surface area (Å²) in [4.78, 5) is 36.2. The van der Waals surface area contributed by atoms with Gasteiger partial charge in [0.15, 0.2) is 0 Å². The monoisotopic (exact) mass is 425 g/mol. The molecule has 10 heteroatoms. The van der Waals surface area contributed by atoms with Crippen molar-refractivity contribution in [2.75, 3.05) is 17.7 Å². The van der Waals surface area contributed by atoms with Gasteiger partial charge < -0.3 is 15.4 Å². The van der Waals surface area contributed by atoms with Crippen LogP contribution in [0.15, 0.2) is 53.3 Å². The van der Waals surface area contributed by atoms with Crippen molar-refractivity contribution < 1.29 is 14.5 Å². The normalized spacial score (nSPS) is 11.6. The number of benzene rings is 2. The Kier molecular flexibility index (Phi) is 6.10. The van der Waals surface area contributed by atoms with Gasteiger partial charge in [-0.05, 0) is 32.0 Å². The number of nitrogens with one attached hydrogen (secondary N) is 2. The van der Waals surface area contributed by atoms with Crippen LogP contribution in [-0.2, 0) is 11.8 Å². The van der Waals surface area contributed by atoms with Crippen LogP contribution in [0.1, 0.15) is 12.6 Å². The second kappa shape index (κ2) is 8.74. The number of nitro groups is 1. The number of aromatic nitrogens is 2. The number of hydrogen-bond acceptors (Lipinski definition) is 6. The predicted octanol–water partition coefficient (Wildman–Crippen LogP) is 2.84. The van der Waals surface area contributed by atoms with Crippen LogP contribution < -0.4 is 20.9 Å². The second-order valence-electron chi connectivity index (χ2n) is 6.93. The Hall–Kier alpha value is -4.08. The molecule has 0 aliphatic heterocycles. The highest BCUT2D eigenvalue weighted by molar-refractivity contribution is 5.97. The Morgan fingerprint density at radius 2 is 1.87 bits per heavy atom. The molecule has 1 unspecified atom stereocenters. The Morgan fingerprint density at radius 1 is 1.19 bits per heavy atom. The summed E-state index contributed by atoms with van der Waals surface area (Å²) in [6.07, 6.45) is 0. The fourth-order valence-electron chi connectivity index (χ4n) is 3.16. The largest absolute Gasteiger partial charge is 0.495 e. The molecule has 2 aromatic carbocycles. The number of amides is 1. The molecule has 10 nitrogen and oxygen atoms in total. The van der Waals surface area contributed by atoms with Gasteiger partial charge in [-0.1, -0.05) is 18.2 Å². The van der Waals surface area contributed by atoms with Gasteiger partial charge in [0, 0.05) is 19.2 Å². The summed E-state index contributed by atoms with van der Waals surface area (Å²) in [5.41, 5.74) is 1.34. The van der Waals surface area contributed by atoms with E-state index in [-0.39, 0.29) is 22.7 Å². The molecule has 3 aromatic rings. The van der Waals surface area contributed by atoms with Gasteiger partial charge >= 0.3 is 0 Å². The third kappa shape index (κ3) is 4.27. The first-order chi connectivity index (χ1) is 14.7. The SMILES string of the molecule is COc1ccc([N+](=O)[O-])cc1NC(=O)C(C)Nc1c(C)n(C)n(-c2ccccc2)c1=O. The fraction of sp³-hybridized carbons (Fsp3) is 0.238. The number of hydrogen-bond donors (Lipinski definition) is 2. The lowest BCUT2D eigenvalue weighted by Crippen LogP contribution is -2.34. The van der Waals surface area contributed by atoms with E-state index in [9.17, 15) is 19.7 Å². The van der Waals surface area contributed by atoms with Gasteiger partial charge in [-0.15, -0.1) is 0 Å². The third-order valence-electron chi connectivity index (χ3n) is 4.96. The number of methoxy groups -OCH3 is 1. The number of ether oxygens (including phenoxy) is 1. The molecule has 0 bridgehead atoms. The van der Waals surface area contributed by atoms with Gasteiger partial charge in [0.1, 0.15) is 17.5 Å². The Bertz CT molecular complexity index is 1180. The van der Waals surface area contributed by atoms with E-state index < -0.39 is 16.9 Å². The number of carbonyl (C=O) groups excluding carboxylic acids is 1. The van der Waals surface area contributed by atoms with Crippen molar-refractivity contribution in [3.63, 3.8) is 0 Å². The van der Waals surface area contributed by atoms with E-state index in [1.54, 1.807) is 25.6 Å². The summed E-state index contributed by atoms with van der Waals surface area (Å²) in [6, 6.07) is 12.3. The topological polar surface area (TPSA) is 120 Å². The number of nitro benzene ring substituents is 1. The Labute approximate surface area is 178 Å². The zero-order valence-electron chi connectivity index (χ0n) is 17.6. The van der Waals surface area contributed by atoms with E-state index in [4.69, 9.17) is 4.74 Å². The molecule has 2 N–H and O–H groups in total. The minimum absolute atomic E-state index is 0.168. The standard InChI is InChI=1S/C21H23N5O5/c1-13(20(27)23-17-12-16(26(29)30)10-11-18(17)31-4)22-19-14(2)24(3)25(21(19)28)15-8-6-5-7-9-15/h5-13,22H,1-4H3,(H,23,27). The lowest BCUT2D eigenvalue weighted by atomic mass is 10.2. The van der Waals surface area contributed by atoms with Crippen LogP contribution >= 0.6 is 0 Å². The summed E-state index contributed by atoms with van der Waals surface area (Å²) >= 11 is 0. The van der Waals surface area contributed by atoms with Crippen LogP contribution in [0.25, 0.3) is 5.69 Å². The van der Waals surface area contributed by atoms with Gasteiger partial charge in [0.05, 0.1) is 29.1 Å². The molecule has 0 radical (unpaired) electrons. The average molecular weight is 425 g/mol. The number of nitrogens with zero attached hydrogens (tertiary/aromatic N) is 3. The molecule has 162 valence electrons. The zero-order chi connectivity index (χ0) is 22.7. The predicted molar refractivity (Wildman–Crippen MR) is 117 cm³/mol. The molecule has 1 heterocycles. The van der Waals surface area contributed by atoms with Gasteiger partial charge in [-0.2, -0.15) is 0 Å². The van der Waals surface area contributed by atoms with Crippen molar-refractivity contribution >= 4 is 23.0 Å². The van der Waals surface area contributed by atoms with E-state index in [1.807, 2.05) is 30.3 Å². The van der Waals surface area contributed by atoms with Crippen molar-refractivity contribution in [2.24, 2.45) is 7.05 Å². The molecule has 0 aliphatic rings. The summed E-state index contributed by atoms with van der Waals surface area (Å²) in [5.74, 6) is -0.193. The maximum Gasteiger partial charge on any atom is 0.295 e. The number of rotatable bonds is 7. The smallest absolute Gasteiger partial charge is 0.295 e. The summed E-state index contributed by atoms with van der Waals surface area (Å²) in [5, 5.41) is 16.6. The molecule has 0 spiro atoms. The minimum atomic E-state index is -0.804. The quantitative estimate of drug-likeness (QED) is 0.444. The molecule has 31 heavy (non-hydrogen) atoms. The number of para-hydroxylation sites is 1. The molecule has 0 saturated heterocycles. The van der Waals surface area contributed by atoms with Crippen molar-refractivity contribution in [1.82, 2.24) is 9.36 Å². The highest BCUT2D eigenvalue weighted by Crippen LogP contribution is 2.29. The molecule has 3 rings (SSSR count). The Morgan fingerprint density at radius 3 is 2.48 bits per heavy atom. The number of anilines is 2. The average Bonchev–Trinajstić information content (AvgIpc) is 2.97. The Balaban J connectivity index is 1.85. The highest BCUT2D eigenvalue weighted by atomic mass is 16.6. The molecular weight excluding hydrogens is 402 g/mol. The maximum absolute atomic E-state index is 13.0. The minimum Gasteiger partial charge on any atom is -0.495 e. The van der Waals surface area contributed by atoms with Gasteiger partial charge in [-0.3, -0.25) is 24.4 Å². The van der Waals surface area contributed by atoms with Crippen LogP contribution in [0, 0.1) is 17.0 Å². The molecule has 0 saturated carbocycles. The van der Waals surface area contributed by atoms with E-state index in [2.05, 4.69) is 10.6 Å². The molecule has 1 aromatic heterocycles. The molecule has 0 fully saturated rings.